The number of carbonyl (C=O) groups is 1. The van der Waals surface area contributed by atoms with Gasteiger partial charge in [0.1, 0.15) is 0 Å². The molecule has 5 heteroatoms. The molecule has 1 aromatic rings. The van der Waals surface area contributed by atoms with Gasteiger partial charge in [-0.1, -0.05) is 0 Å². The van der Waals surface area contributed by atoms with Crippen LogP contribution in [0.4, 0.5) is 16.2 Å². The maximum absolute atomic E-state index is 11.5. The molecule has 0 bridgehead atoms. The average molecular weight is 249 g/mol. The average Bonchev–Trinajstić information content (AvgIpc) is 2.39. The maximum atomic E-state index is 11.5. The van der Waals surface area contributed by atoms with Crippen LogP contribution >= 0.6 is 0 Å². The zero-order chi connectivity index (χ0) is 13.1. The monoisotopic (exact) mass is 249 g/mol. The first kappa shape index (κ1) is 12.5. The van der Waals surface area contributed by atoms with Gasteiger partial charge in [-0.15, -0.1) is 0 Å². The highest BCUT2D eigenvalue weighted by atomic mass is 16.5. The molecule has 1 atom stereocenters. The number of nitrogens with two attached hydrogens (primary N) is 1. The molecule has 1 aromatic carbocycles. The number of ether oxygens (including phenoxy) is 1. The second-order valence-corrected chi connectivity index (χ2v) is 4.55. The molecule has 18 heavy (non-hydrogen) atoms. The molecule has 1 saturated heterocycles. The number of rotatable bonds is 1. The van der Waals surface area contributed by atoms with Crippen LogP contribution in [0.1, 0.15) is 6.92 Å². The Hall–Kier alpha value is -1.91. The number of piperazine rings is 1. The van der Waals surface area contributed by atoms with Crippen molar-refractivity contribution in [1.82, 2.24) is 4.90 Å². The van der Waals surface area contributed by atoms with Crippen LogP contribution in [0.5, 0.6) is 0 Å². The summed E-state index contributed by atoms with van der Waals surface area (Å²) in [6.07, 6.45) is -0.251. The van der Waals surface area contributed by atoms with Crippen LogP contribution in [-0.2, 0) is 4.74 Å². The minimum atomic E-state index is -0.251. The summed E-state index contributed by atoms with van der Waals surface area (Å²) >= 11 is 0. The second kappa shape index (κ2) is 5.16. The van der Waals surface area contributed by atoms with Crippen molar-refractivity contribution < 1.29 is 9.53 Å². The van der Waals surface area contributed by atoms with E-state index in [-0.39, 0.29) is 12.1 Å². The third-order valence-electron chi connectivity index (χ3n) is 3.29. The van der Waals surface area contributed by atoms with Gasteiger partial charge in [-0.05, 0) is 31.2 Å². The summed E-state index contributed by atoms with van der Waals surface area (Å²) in [4.78, 5) is 15.5. The zero-order valence-corrected chi connectivity index (χ0v) is 10.8. The number of nitrogen functional groups attached to an aromatic ring is 1. The number of benzene rings is 1. The summed E-state index contributed by atoms with van der Waals surface area (Å²) in [6, 6.07) is 8.09. The molecule has 2 rings (SSSR count). The first-order valence-electron chi connectivity index (χ1n) is 6.07. The van der Waals surface area contributed by atoms with Crippen molar-refractivity contribution >= 4 is 17.5 Å². The van der Waals surface area contributed by atoms with Crippen molar-refractivity contribution in [2.45, 2.75) is 13.0 Å². The van der Waals surface area contributed by atoms with Crippen molar-refractivity contribution in [3.63, 3.8) is 0 Å². The SMILES string of the molecule is COC(=O)N1CCN(c2ccc(N)cc2)C(C)C1. The predicted octanol–water partition coefficient (Wildman–Crippen LogP) is 1.55. The molecule has 2 N–H and O–H groups in total. The van der Waals surface area contributed by atoms with E-state index in [4.69, 9.17) is 10.5 Å². The fourth-order valence-corrected chi connectivity index (χ4v) is 2.30. The summed E-state index contributed by atoms with van der Waals surface area (Å²) in [5.74, 6) is 0. The van der Waals surface area contributed by atoms with Crippen LogP contribution in [-0.4, -0.2) is 43.8 Å². The number of amides is 1. The molecule has 1 fully saturated rings. The Balaban J connectivity index is 2.05. The standard InChI is InChI=1S/C13H19N3O2/c1-10-9-15(13(17)18-2)7-8-16(10)12-5-3-11(14)4-6-12/h3-6,10H,7-9,14H2,1-2H3. The van der Waals surface area contributed by atoms with Crippen molar-refractivity contribution in [3.05, 3.63) is 24.3 Å². The van der Waals surface area contributed by atoms with Crippen LogP contribution in [0, 0.1) is 0 Å². The van der Waals surface area contributed by atoms with Gasteiger partial charge in [-0.25, -0.2) is 4.79 Å². The van der Waals surface area contributed by atoms with Crippen LogP contribution in [0.15, 0.2) is 24.3 Å². The van der Waals surface area contributed by atoms with Crippen LogP contribution < -0.4 is 10.6 Å². The molecule has 0 spiro atoms. The Labute approximate surface area is 107 Å². The lowest BCUT2D eigenvalue weighted by atomic mass is 10.1. The van der Waals surface area contributed by atoms with Gasteiger partial charge in [0, 0.05) is 37.1 Å². The molecule has 0 aliphatic carbocycles. The van der Waals surface area contributed by atoms with Gasteiger partial charge in [0.15, 0.2) is 0 Å². The molecule has 0 saturated carbocycles. The van der Waals surface area contributed by atoms with Crippen molar-refractivity contribution in [2.24, 2.45) is 0 Å². The summed E-state index contributed by atoms with van der Waals surface area (Å²) in [5, 5.41) is 0. The minimum absolute atomic E-state index is 0.251. The molecular formula is C13H19N3O2. The van der Waals surface area contributed by atoms with E-state index in [1.54, 1.807) is 4.90 Å². The van der Waals surface area contributed by atoms with E-state index in [1.807, 2.05) is 24.3 Å². The predicted molar refractivity (Wildman–Crippen MR) is 71.6 cm³/mol. The van der Waals surface area contributed by atoms with Crippen molar-refractivity contribution in [1.29, 1.82) is 0 Å². The number of methoxy groups -OCH3 is 1. The fourth-order valence-electron chi connectivity index (χ4n) is 2.30. The molecule has 1 amide bonds. The van der Waals surface area contributed by atoms with Gasteiger partial charge in [-0.2, -0.15) is 0 Å². The Morgan fingerprint density at radius 3 is 2.56 bits per heavy atom. The molecule has 1 aliphatic heterocycles. The molecule has 0 radical (unpaired) electrons. The van der Waals surface area contributed by atoms with E-state index < -0.39 is 0 Å². The van der Waals surface area contributed by atoms with E-state index in [9.17, 15) is 4.79 Å². The molecular weight excluding hydrogens is 230 g/mol. The number of hydrogen-bond donors (Lipinski definition) is 1. The van der Waals surface area contributed by atoms with Gasteiger partial charge in [-0.3, -0.25) is 0 Å². The minimum Gasteiger partial charge on any atom is -0.453 e. The Morgan fingerprint density at radius 2 is 2.00 bits per heavy atom. The van der Waals surface area contributed by atoms with Crippen molar-refractivity contribution in [2.75, 3.05) is 37.4 Å². The lowest BCUT2D eigenvalue weighted by Gasteiger charge is -2.40. The van der Waals surface area contributed by atoms with Gasteiger partial charge in [0.25, 0.3) is 0 Å². The van der Waals surface area contributed by atoms with Crippen LogP contribution in [0.25, 0.3) is 0 Å². The largest absolute Gasteiger partial charge is 0.453 e. The first-order chi connectivity index (χ1) is 8.61. The van der Waals surface area contributed by atoms with E-state index >= 15 is 0 Å². The first-order valence-corrected chi connectivity index (χ1v) is 6.07. The van der Waals surface area contributed by atoms with E-state index in [0.29, 0.717) is 13.1 Å². The third-order valence-corrected chi connectivity index (χ3v) is 3.29. The number of anilines is 2. The zero-order valence-electron chi connectivity index (χ0n) is 10.8. The molecule has 1 heterocycles. The molecule has 5 nitrogen and oxygen atoms in total. The van der Waals surface area contributed by atoms with Gasteiger partial charge >= 0.3 is 6.09 Å². The third kappa shape index (κ3) is 2.50. The Bertz CT molecular complexity index is 419. The number of hydrogen-bond acceptors (Lipinski definition) is 4. The van der Waals surface area contributed by atoms with Crippen LogP contribution in [0.2, 0.25) is 0 Å². The topological polar surface area (TPSA) is 58.8 Å². The second-order valence-electron chi connectivity index (χ2n) is 4.55. The lowest BCUT2D eigenvalue weighted by molar-refractivity contribution is 0.116. The number of carbonyl (C=O) groups excluding carboxylic acids is 1. The molecule has 98 valence electrons. The lowest BCUT2D eigenvalue weighted by Crippen LogP contribution is -2.53. The highest BCUT2D eigenvalue weighted by Gasteiger charge is 2.27. The summed E-state index contributed by atoms with van der Waals surface area (Å²) < 4.78 is 4.75. The summed E-state index contributed by atoms with van der Waals surface area (Å²) in [5.41, 5.74) is 7.59. The normalized spacial score (nSPS) is 19.8. The quantitative estimate of drug-likeness (QED) is 0.767. The fraction of sp³-hybridized carbons (Fsp3) is 0.462. The highest BCUT2D eigenvalue weighted by molar-refractivity contribution is 5.68. The molecule has 1 aliphatic rings. The van der Waals surface area contributed by atoms with Gasteiger partial charge in [0.05, 0.1) is 7.11 Å². The maximum Gasteiger partial charge on any atom is 0.409 e. The van der Waals surface area contributed by atoms with Crippen molar-refractivity contribution in [3.8, 4) is 0 Å². The van der Waals surface area contributed by atoms with E-state index in [1.165, 1.54) is 7.11 Å². The summed E-state index contributed by atoms with van der Waals surface area (Å²) in [6.45, 7) is 4.27. The van der Waals surface area contributed by atoms with E-state index in [0.717, 1.165) is 17.9 Å². The van der Waals surface area contributed by atoms with Gasteiger partial charge in [0.2, 0.25) is 0 Å². The molecule has 1 unspecified atom stereocenters. The number of nitrogens with zero attached hydrogens (tertiary/aromatic N) is 2. The highest BCUT2D eigenvalue weighted by Crippen LogP contribution is 2.21. The molecule has 0 aromatic heterocycles. The Kier molecular flexibility index (Phi) is 3.60. The summed E-state index contributed by atoms with van der Waals surface area (Å²) in [7, 11) is 1.42. The van der Waals surface area contributed by atoms with Gasteiger partial charge < -0.3 is 20.3 Å². The Morgan fingerprint density at radius 1 is 1.33 bits per heavy atom. The van der Waals surface area contributed by atoms with E-state index in [2.05, 4.69) is 11.8 Å². The van der Waals surface area contributed by atoms with Crippen LogP contribution in [0.3, 0.4) is 0 Å². The smallest absolute Gasteiger partial charge is 0.409 e.